The molecule has 0 saturated carbocycles. The molecule has 0 bridgehead atoms. The van der Waals surface area contributed by atoms with Crippen LogP contribution >= 0.6 is 0 Å². The third kappa shape index (κ3) is 5.96. The van der Waals surface area contributed by atoms with Gasteiger partial charge in [-0.15, -0.1) is 0 Å². The Kier molecular flexibility index (Phi) is 8.27. The maximum Gasteiger partial charge on any atom is 0.309 e. The number of aldehydes is 1. The van der Waals surface area contributed by atoms with Gasteiger partial charge in [0.25, 0.3) is 0 Å². The Bertz CT molecular complexity index is 669. The first-order valence-corrected chi connectivity index (χ1v) is 9.02. The van der Waals surface area contributed by atoms with E-state index in [1.807, 2.05) is 36.5 Å². The molecule has 4 heteroatoms. The number of carbonyl (C=O) groups excluding carboxylic acids is 2. The summed E-state index contributed by atoms with van der Waals surface area (Å²) in [5, 5.41) is 0. The molecule has 0 aliphatic heterocycles. The van der Waals surface area contributed by atoms with E-state index in [4.69, 9.17) is 4.74 Å². The summed E-state index contributed by atoms with van der Waals surface area (Å²) in [4.78, 5) is 26.9. The molecule has 1 heterocycles. The van der Waals surface area contributed by atoms with Gasteiger partial charge in [0.05, 0.1) is 12.5 Å². The molecule has 0 radical (unpaired) electrons. The van der Waals surface area contributed by atoms with Crippen molar-refractivity contribution < 1.29 is 14.3 Å². The summed E-state index contributed by atoms with van der Waals surface area (Å²) in [5.74, 6) is -0.626. The summed E-state index contributed by atoms with van der Waals surface area (Å²) in [6.07, 6.45) is 9.07. The normalized spacial score (nSPS) is 12.4. The molecule has 0 aliphatic carbocycles. The zero-order valence-electron chi connectivity index (χ0n) is 15.1. The van der Waals surface area contributed by atoms with E-state index in [0.29, 0.717) is 13.0 Å². The fraction of sp³-hybridized carbons (Fsp3) is 0.318. The van der Waals surface area contributed by atoms with Crippen molar-refractivity contribution in [2.24, 2.45) is 5.92 Å². The van der Waals surface area contributed by atoms with Crippen LogP contribution in [0.25, 0.3) is 5.57 Å². The zero-order chi connectivity index (χ0) is 18.6. The van der Waals surface area contributed by atoms with E-state index in [-0.39, 0.29) is 18.3 Å². The third-order valence-electron chi connectivity index (χ3n) is 4.16. The Labute approximate surface area is 154 Å². The van der Waals surface area contributed by atoms with Gasteiger partial charge in [0.2, 0.25) is 0 Å². The van der Waals surface area contributed by atoms with Crippen LogP contribution in [-0.2, 0) is 14.3 Å². The first-order valence-electron chi connectivity index (χ1n) is 9.02. The molecule has 0 amide bonds. The highest BCUT2D eigenvalue weighted by molar-refractivity contribution is 5.79. The van der Waals surface area contributed by atoms with Crippen LogP contribution in [0.2, 0.25) is 0 Å². The van der Waals surface area contributed by atoms with Gasteiger partial charge < -0.3 is 9.53 Å². The molecule has 4 nitrogen and oxygen atoms in total. The number of hydrogen-bond acceptors (Lipinski definition) is 4. The molecule has 0 fully saturated rings. The molecule has 1 aromatic carbocycles. The van der Waals surface area contributed by atoms with Crippen molar-refractivity contribution in [3.05, 3.63) is 72.1 Å². The van der Waals surface area contributed by atoms with Crippen molar-refractivity contribution in [3.8, 4) is 0 Å². The monoisotopic (exact) mass is 351 g/mol. The number of aromatic nitrogens is 1. The Morgan fingerprint density at radius 2 is 1.92 bits per heavy atom. The van der Waals surface area contributed by atoms with E-state index >= 15 is 0 Å². The van der Waals surface area contributed by atoms with Gasteiger partial charge in [-0.25, -0.2) is 0 Å². The quantitative estimate of drug-likeness (QED) is 0.360. The number of allylic oxidation sites excluding steroid dienone is 1. The minimum Gasteiger partial charge on any atom is -0.466 e. The molecule has 0 N–H and O–H groups in total. The Hall–Kier alpha value is -2.75. The molecule has 136 valence electrons. The number of carbonyl (C=O) groups is 2. The molecule has 26 heavy (non-hydrogen) atoms. The number of unbranched alkanes of at least 4 members (excludes halogenated alkanes) is 1. The summed E-state index contributed by atoms with van der Waals surface area (Å²) in [6, 6.07) is 14.1. The number of benzene rings is 1. The molecule has 2 aromatic rings. The maximum absolute atomic E-state index is 11.9. The van der Waals surface area contributed by atoms with Gasteiger partial charge in [-0.2, -0.15) is 0 Å². The first kappa shape index (κ1) is 19.6. The van der Waals surface area contributed by atoms with Crippen LogP contribution in [0.15, 0.2) is 60.9 Å². The van der Waals surface area contributed by atoms with Crippen molar-refractivity contribution in [3.63, 3.8) is 0 Å². The molecule has 0 aliphatic rings. The fourth-order valence-electron chi connectivity index (χ4n) is 2.86. The highest BCUT2D eigenvalue weighted by Crippen LogP contribution is 2.24. The molecular formula is C22H25NO3. The largest absolute Gasteiger partial charge is 0.466 e. The first-order chi connectivity index (χ1) is 12.8. The van der Waals surface area contributed by atoms with Crippen LogP contribution in [0.3, 0.4) is 0 Å². The average molecular weight is 351 g/mol. The molecule has 1 atom stereocenters. The van der Waals surface area contributed by atoms with Crippen molar-refractivity contribution in [1.82, 2.24) is 4.98 Å². The van der Waals surface area contributed by atoms with Crippen molar-refractivity contribution in [2.45, 2.75) is 32.6 Å². The number of ether oxygens (including phenoxy) is 1. The minimum atomic E-state index is -0.348. The number of esters is 1. The lowest BCUT2D eigenvalue weighted by Gasteiger charge is -2.12. The second-order valence-corrected chi connectivity index (χ2v) is 6.01. The van der Waals surface area contributed by atoms with Gasteiger partial charge in [-0.3, -0.25) is 9.78 Å². The topological polar surface area (TPSA) is 56.3 Å². The summed E-state index contributed by atoms with van der Waals surface area (Å²) < 4.78 is 5.05. The summed E-state index contributed by atoms with van der Waals surface area (Å²) in [6.45, 7) is 2.12. The highest BCUT2D eigenvalue weighted by atomic mass is 16.5. The number of rotatable bonds is 10. The lowest BCUT2D eigenvalue weighted by Crippen LogP contribution is -2.18. The SMILES string of the molecule is CCOC(=O)C(CC=O)CCC/C=C(\c1ccccc1)c1cccnc1. The van der Waals surface area contributed by atoms with E-state index in [1.54, 1.807) is 13.1 Å². The van der Waals surface area contributed by atoms with Crippen LogP contribution in [0.4, 0.5) is 0 Å². The number of nitrogens with zero attached hydrogens (tertiary/aromatic N) is 1. The average Bonchev–Trinajstić information content (AvgIpc) is 2.68. The standard InChI is InChI=1S/C22H25NO3/c1-2-26-22(25)19(14-16-24)11-6-7-13-21(18-9-4-3-5-10-18)20-12-8-15-23-17-20/h3-5,8-10,12-13,15-17,19H,2,6-7,11,14H2,1H3/b21-13+. The van der Waals surface area contributed by atoms with E-state index < -0.39 is 0 Å². The summed E-state index contributed by atoms with van der Waals surface area (Å²) in [7, 11) is 0. The van der Waals surface area contributed by atoms with Gasteiger partial charge >= 0.3 is 5.97 Å². The van der Waals surface area contributed by atoms with Crippen molar-refractivity contribution in [2.75, 3.05) is 6.61 Å². The lowest BCUT2D eigenvalue weighted by molar-refractivity contribution is -0.149. The van der Waals surface area contributed by atoms with Crippen LogP contribution in [0.1, 0.15) is 43.7 Å². The Morgan fingerprint density at radius 3 is 2.58 bits per heavy atom. The fourth-order valence-corrected chi connectivity index (χ4v) is 2.86. The van der Waals surface area contributed by atoms with E-state index in [0.717, 1.165) is 35.8 Å². The van der Waals surface area contributed by atoms with Gasteiger partial charge in [-0.05, 0) is 43.4 Å². The van der Waals surface area contributed by atoms with E-state index in [2.05, 4.69) is 23.2 Å². The highest BCUT2D eigenvalue weighted by Gasteiger charge is 2.18. The number of hydrogen-bond donors (Lipinski definition) is 0. The minimum absolute atomic E-state index is 0.219. The van der Waals surface area contributed by atoms with Crippen molar-refractivity contribution >= 4 is 17.8 Å². The van der Waals surface area contributed by atoms with Crippen LogP contribution in [-0.4, -0.2) is 23.8 Å². The molecule has 2 rings (SSSR count). The van der Waals surface area contributed by atoms with Crippen LogP contribution < -0.4 is 0 Å². The summed E-state index contributed by atoms with van der Waals surface area (Å²) in [5.41, 5.74) is 3.32. The number of pyridine rings is 1. The molecular weight excluding hydrogens is 326 g/mol. The van der Waals surface area contributed by atoms with E-state index in [1.165, 1.54) is 0 Å². The second-order valence-electron chi connectivity index (χ2n) is 6.01. The molecule has 0 saturated heterocycles. The maximum atomic E-state index is 11.9. The lowest BCUT2D eigenvalue weighted by atomic mass is 9.95. The van der Waals surface area contributed by atoms with E-state index in [9.17, 15) is 9.59 Å². The van der Waals surface area contributed by atoms with Gasteiger partial charge in [0, 0.05) is 24.4 Å². The van der Waals surface area contributed by atoms with Crippen molar-refractivity contribution in [1.29, 1.82) is 0 Å². The zero-order valence-corrected chi connectivity index (χ0v) is 15.1. The predicted octanol–water partition coefficient (Wildman–Crippen LogP) is 4.45. The summed E-state index contributed by atoms with van der Waals surface area (Å²) >= 11 is 0. The van der Waals surface area contributed by atoms with Crippen LogP contribution in [0, 0.1) is 5.92 Å². The molecule has 1 unspecified atom stereocenters. The molecule has 1 aromatic heterocycles. The van der Waals surface area contributed by atoms with Gasteiger partial charge in [-0.1, -0.05) is 42.5 Å². The second kappa shape index (κ2) is 11.0. The smallest absolute Gasteiger partial charge is 0.309 e. The van der Waals surface area contributed by atoms with Gasteiger partial charge in [0.1, 0.15) is 6.29 Å². The Balaban J connectivity index is 2.06. The predicted molar refractivity (Wildman–Crippen MR) is 102 cm³/mol. The third-order valence-corrected chi connectivity index (χ3v) is 4.16. The van der Waals surface area contributed by atoms with Crippen LogP contribution in [0.5, 0.6) is 0 Å². The van der Waals surface area contributed by atoms with Gasteiger partial charge in [0.15, 0.2) is 0 Å². The molecule has 0 spiro atoms. The Morgan fingerprint density at radius 1 is 1.15 bits per heavy atom.